The number of rotatable bonds is 4. The Morgan fingerprint density at radius 2 is 1.72 bits per heavy atom. The fraction of sp³-hybridized carbons (Fsp3) is 0.435. The largest absolute Gasteiger partial charge is 0.343 e. The van der Waals surface area contributed by atoms with E-state index in [9.17, 15) is 9.18 Å². The molecule has 0 spiro atoms. The number of aromatic nitrogens is 3. The predicted molar refractivity (Wildman–Crippen MR) is 111 cm³/mol. The highest BCUT2D eigenvalue weighted by molar-refractivity contribution is 5.80. The normalized spacial score (nSPS) is 14.6. The molecule has 2 aromatic heterocycles. The van der Waals surface area contributed by atoms with Crippen LogP contribution >= 0.6 is 0 Å². The number of aryl methyl sites for hydroxylation is 3. The number of piperidine rings is 1. The van der Waals surface area contributed by atoms with Crippen LogP contribution in [-0.2, 0) is 11.2 Å². The molecule has 0 saturated carbocycles. The van der Waals surface area contributed by atoms with Gasteiger partial charge in [-0.15, -0.1) is 0 Å². The number of benzene rings is 1. The van der Waals surface area contributed by atoms with Crippen molar-refractivity contribution in [1.82, 2.24) is 19.5 Å². The second-order valence-electron chi connectivity index (χ2n) is 7.91. The van der Waals surface area contributed by atoms with Crippen molar-refractivity contribution in [3.63, 3.8) is 0 Å². The molecule has 3 heterocycles. The summed E-state index contributed by atoms with van der Waals surface area (Å²) in [7, 11) is 0. The number of fused-ring (bicyclic) bond motifs is 1. The first-order valence-corrected chi connectivity index (χ1v) is 10.3. The molecule has 6 heteroatoms. The van der Waals surface area contributed by atoms with Crippen molar-refractivity contribution in [3.8, 4) is 11.1 Å². The van der Waals surface area contributed by atoms with Crippen LogP contribution in [0.25, 0.3) is 16.8 Å². The van der Waals surface area contributed by atoms with Crippen molar-refractivity contribution in [1.29, 1.82) is 0 Å². The summed E-state index contributed by atoms with van der Waals surface area (Å²) in [4.78, 5) is 19.4. The summed E-state index contributed by atoms with van der Waals surface area (Å²) < 4.78 is 15.2. The SMILES string of the molecule is Cc1nc2c(-c3ccc(F)cc3)c(C)nn2c(C)c1CCC(=O)N1CCCCC1. The minimum atomic E-state index is -0.260. The molecule has 0 N–H and O–H groups in total. The number of amides is 1. The molecule has 1 aliphatic rings. The second-order valence-corrected chi connectivity index (χ2v) is 7.91. The van der Waals surface area contributed by atoms with E-state index in [4.69, 9.17) is 10.1 Å². The van der Waals surface area contributed by atoms with Gasteiger partial charge in [0.1, 0.15) is 5.82 Å². The molecule has 152 valence electrons. The van der Waals surface area contributed by atoms with Gasteiger partial charge in [0.25, 0.3) is 0 Å². The molecule has 0 bridgehead atoms. The Hall–Kier alpha value is -2.76. The monoisotopic (exact) mass is 394 g/mol. The smallest absolute Gasteiger partial charge is 0.222 e. The summed E-state index contributed by atoms with van der Waals surface area (Å²) in [5.74, 6) is -0.0314. The summed E-state index contributed by atoms with van der Waals surface area (Å²) in [6.45, 7) is 7.73. The molecule has 1 amide bonds. The molecule has 4 rings (SSSR count). The Kier molecular flexibility index (Phi) is 5.35. The van der Waals surface area contributed by atoms with Gasteiger partial charge in [0.05, 0.1) is 5.69 Å². The van der Waals surface area contributed by atoms with Crippen LogP contribution in [0.15, 0.2) is 24.3 Å². The summed E-state index contributed by atoms with van der Waals surface area (Å²) in [5.41, 5.74) is 6.46. The van der Waals surface area contributed by atoms with E-state index in [2.05, 4.69) is 0 Å². The van der Waals surface area contributed by atoms with Crippen LogP contribution in [0.1, 0.15) is 48.3 Å². The number of likely N-dealkylation sites (tertiary alicyclic amines) is 1. The minimum Gasteiger partial charge on any atom is -0.343 e. The van der Waals surface area contributed by atoms with Crippen LogP contribution in [-0.4, -0.2) is 38.5 Å². The highest BCUT2D eigenvalue weighted by Gasteiger charge is 2.20. The van der Waals surface area contributed by atoms with Gasteiger partial charge in [-0.25, -0.2) is 13.9 Å². The van der Waals surface area contributed by atoms with Gasteiger partial charge < -0.3 is 4.90 Å². The molecule has 1 aliphatic heterocycles. The van der Waals surface area contributed by atoms with Gasteiger partial charge >= 0.3 is 0 Å². The van der Waals surface area contributed by atoms with Crippen LogP contribution in [0.4, 0.5) is 4.39 Å². The lowest BCUT2D eigenvalue weighted by atomic mass is 10.0. The maximum atomic E-state index is 13.3. The zero-order chi connectivity index (χ0) is 20.5. The van der Waals surface area contributed by atoms with Crippen molar-refractivity contribution in [3.05, 3.63) is 52.7 Å². The maximum Gasteiger partial charge on any atom is 0.222 e. The lowest BCUT2D eigenvalue weighted by molar-refractivity contribution is -0.132. The van der Waals surface area contributed by atoms with Crippen LogP contribution in [0.3, 0.4) is 0 Å². The summed E-state index contributed by atoms with van der Waals surface area (Å²) in [6.07, 6.45) is 4.60. The Morgan fingerprint density at radius 3 is 2.41 bits per heavy atom. The Balaban J connectivity index is 1.65. The molecule has 1 fully saturated rings. The van der Waals surface area contributed by atoms with Crippen LogP contribution < -0.4 is 0 Å². The number of nitrogens with zero attached hydrogens (tertiary/aromatic N) is 4. The van der Waals surface area contributed by atoms with E-state index < -0.39 is 0 Å². The first-order chi connectivity index (χ1) is 14.0. The number of carbonyl (C=O) groups excluding carboxylic acids is 1. The van der Waals surface area contributed by atoms with E-state index in [0.29, 0.717) is 12.8 Å². The van der Waals surface area contributed by atoms with Crippen molar-refractivity contribution >= 4 is 11.6 Å². The third kappa shape index (κ3) is 3.76. The van der Waals surface area contributed by atoms with E-state index in [1.54, 1.807) is 12.1 Å². The number of carbonyl (C=O) groups is 1. The fourth-order valence-electron chi connectivity index (χ4n) is 4.32. The Labute approximate surface area is 170 Å². The summed E-state index contributed by atoms with van der Waals surface area (Å²) >= 11 is 0. The molecule has 1 saturated heterocycles. The quantitative estimate of drug-likeness (QED) is 0.659. The van der Waals surface area contributed by atoms with Crippen molar-refractivity contribution in [2.75, 3.05) is 13.1 Å². The molecule has 3 aromatic rings. The highest BCUT2D eigenvalue weighted by Crippen LogP contribution is 2.29. The van der Waals surface area contributed by atoms with Crippen LogP contribution in [0.5, 0.6) is 0 Å². The molecule has 0 unspecified atom stereocenters. The standard InChI is InChI=1S/C23H27FN4O/c1-15-20(11-12-21(29)27-13-5-4-6-14-27)17(3)28-23(25-15)22(16(2)26-28)18-7-9-19(24)10-8-18/h7-10H,4-6,11-14H2,1-3H3. The molecule has 5 nitrogen and oxygen atoms in total. The van der Waals surface area contributed by atoms with Gasteiger partial charge in [-0.3, -0.25) is 4.79 Å². The average Bonchev–Trinajstić information content (AvgIpc) is 3.05. The minimum absolute atomic E-state index is 0.229. The molecular weight excluding hydrogens is 367 g/mol. The van der Waals surface area contributed by atoms with E-state index in [0.717, 1.165) is 65.4 Å². The zero-order valence-corrected chi connectivity index (χ0v) is 17.3. The third-order valence-electron chi connectivity index (χ3n) is 5.93. The van der Waals surface area contributed by atoms with Crippen molar-refractivity contribution < 1.29 is 9.18 Å². The van der Waals surface area contributed by atoms with Crippen LogP contribution in [0, 0.1) is 26.6 Å². The fourth-order valence-corrected chi connectivity index (χ4v) is 4.32. The van der Waals surface area contributed by atoms with E-state index in [-0.39, 0.29) is 11.7 Å². The highest BCUT2D eigenvalue weighted by atomic mass is 19.1. The number of halogens is 1. The summed E-state index contributed by atoms with van der Waals surface area (Å²) in [5, 5.41) is 4.70. The van der Waals surface area contributed by atoms with Crippen molar-refractivity contribution in [2.45, 2.75) is 52.9 Å². The van der Waals surface area contributed by atoms with Crippen molar-refractivity contribution in [2.24, 2.45) is 0 Å². The first kappa shape index (κ1) is 19.6. The molecule has 0 aliphatic carbocycles. The molecule has 0 radical (unpaired) electrons. The number of hydrogen-bond acceptors (Lipinski definition) is 3. The van der Waals surface area contributed by atoms with Gasteiger partial charge in [-0.2, -0.15) is 5.10 Å². The lowest BCUT2D eigenvalue weighted by Crippen LogP contribution is -2.35. The van der Waals surface area contributed by atoms with E-state index >= 15 is 0 Å². The van der Waals surface area contributed by atoms with Gasteiger partial charge in [0, 0.05) is 36.5 Å². The van der Waals surface area contributed by atoms with Crippen LogP contribution in [0.2, 0.25) is 0 Å². The Bertz CT molecular complexity index is 1050. The predicted octanol–water partition coefficient (Wildman–Crippen LogP) is 4.41. The maximum absolute atomic E-state index is 13.3. The lowest BCUT2D eigenvalue weighted by Gasteiger charge is -2.26. The third-order valence-corrected chi connectivity index (χ3v) is 5.93. The zero-order valence-electron chi connectivity index (χ0n) is 17.3. The average molecular weight is 394 g/mol. The topological polar surface area (TPSA) is 50.5 Å². The van der Waals surface area contributed by atoms with Gasteiger partial charge in [0.2, 0.25) is 5.91 Å². The molecule has 29 heavy (non-hydrogen) atoms. The second kappa shape index (κ2) is 7.93. The Morgan fingerprint density at radius 1 is 1.03 bits per heavy atom. The van der Waals surface area contributed by atoms with Gasteiger partial charge in [-0.05, 0) is 69.7 Å². The molecule has 0 atom stereocenters. The molecule has 1 aromatic carbocycles. The summed E-state index contributed by atoms with van der Waals surface area (Å²) in [6, 6.07) is 6.44. The molecular formula is C23H27FN4O. The van der Waals surface area contributed by atoms with E-state index in [1.807, 2.05) is 30.2 Å². The van der Waals surface area contributed by atoms with Gasteiger partial charge in [-0.1, -0.05) is 12.1 Å². The van der Waals surface area contributed by atoms with E-state index in [1.165, 1.54) is 18.6 Å². The number of hydrogen-bond donors (Lipinski definition) is 0. The first-order valence-electron chi connectivity index (χ1n) is 10.3. The van der Waals surface area contributed by atoms with Gasteiger partial charge in [0.15, 0.2) is 5.65 Å².